The average molecular weight is 1120 g/mol. The van der Waals surface area contributed by atoms with Crippen LogP contribution in [-0.2, 0) is 69.2 Å². The largest absolute Gasteiger partial charge is 0.481 e. The molecular formula is C50H74N9O16PS. The summed E-state index contributed by atoms with van der Waals surface area (Å²) in [6, 6.07) is 9.58. The van der Waals surface area contributed by atoms with E-state index in [1.165, 1.54) is 0 Å². The van der Waals surface area contributed by atoms with Crippen molar-refractivity contribution in [1.82, 2.24) is 46.2 Å². The second kappa shape index (κ2) is 37.4. The summed E-state index contributed by atoms with van der Waals surface area (Å²) >= 11 is 4.53. The van der Waals surface area contributed by atoms with E-state index in [1.54, 1.807) is 11.0 Å². The van der Waals surface area contributed by atoms with Crippen LogP contribution in [0.15, 0.2) is 42.5 Å². The molecule has 0 unspecified atom stereocenters. The average Bonchev–Trinajstić information content (AvgIpc) is 3.41. The van der Waals surface area contributed by atoms with Crippen LogP contribution in [0.2, 0.25) is 0 Å². The molecule has 0 aromatic heterocycles. The molecule has 1 aliphatic carbocycles. The molecule has 1 saturated heterocycles. The van der Waals surface area contributed by atoms with Crippen molar-refractivity contribution in [3.8, 4) is 0 Å². The Balaban J connectivity index is 0.00000376. The van der Waals surface area contributed by atoms with Crippen molar-refractivity contribution < 1.29 is 77.5 Å². The van der Waals surface area contributed by atoms with E-state index in [0.29, 0.717) is 116 Å². The molecule has 426 valence electrons. The monoisotopic (exact) mass is 1120 g/mol. The Morgan fingerprint density at radius 3 is 1.83 bits per heavy atom. The number of amides is 5. The molecule has 2 aromatic carbocycles. The van der Waals surface area contributed by atoms with Gasteiger partial charge in [0.15, 0.2) is 6.23 Å². The van der Waals surface area contributed by atoms with E-state index in [1.807, 2.05) is 51.1 Å². The van der Waals surface area contributed by atoms with E-state index >= 15 is 0 Å². The summed E-state index contributed by atoms with van der Waals surface area (Å²) in [5.74, 6) is -4.93. The minimum absolute atomic E-state index is 0.0172. The zero-order valence-electron chi connectivity index (χ0n) is 43.4. The Morgan fingerprint density at radius 1 is 0.701 bits per heavy atom. The highest BCUT2D eigenvalue weighted by atomic mass is 32.4. The number of carboxylic acids is 3. The molecule has 0 spiro atoms. The number of hydrogen-bond donors (Lipinski definition) is 8. The Labute approximate surface area is 454 Å². The maximum atomic E-state index is 13.9. The van der Waals surface area contributed by atoms with Crippen molar-refractivity contribution in [3.63, 3.8) is 0 Å². The molecule has 2 fully saturated rings. The van der Waals surface area contributed by atoms with Gasteiger partial charge in [-0.25, -0.2) is 9.59 Å². The van der Waals surface area contributed by atoms with E-state index in [4.69, 9.17) is 19.3 Å². The van der Waals surface area contributed by atoms with Gasteiger partial charge in [0.1, 0.15) is 25.5 Å². The van der Waals surface area contributed by atoms with Gasteiger partial charge in [0.05, 0.1) is 13.1 Å². The molecule has 0 radical (unpaired) electrons. The highest BCUT2D eigenvalue weighted by Crippen LogP contribution is 2.30. The molecule has 4 rings (SSSR count). The van der Waals surface area contributed by atoms with E-state index in [-0.39, 0.29) is 70.1 Å². The van der Waals surface area contributed by atoms with Gasteiger partial charge in [-0.05, 0) is 86.8 Å². The van der Waals surface area contributed by atoms with Gasteiger partial charge in [0.2, 0.25) is 17.7 Å². The maximum absolute atomic E-state index is 13.9. The first-order valence-corrected chi connectivity index (χ1v) is 27.6. The Hall–Kier alpha value is -6.44. The number of unbranched alkanes of at least 4 members (excludes halogenated alkanes) is 1. The summed E-state index contributed by atoms with van der Waals surface area (Å²) < 4.78 is 14.9. The van der Waals surface area contributed by atoms with Crippen molar-refractivity contribution in [2.24, 2.45) is 11.8 Å². The van der Waals surface area contributed by atoms with Gasteiger partial charge in [0, 0.05) is 84.2 Å². The number of urea groups is 1. The molecule has 2 aliphatic rings. The Morgan fingerprint density at radius 2 is 1.29 bits per heavy atom. The molecule has 3 atom stereocenters. The van der Waals surface area contributed by atoms with Crippen LogP contribution in [0.4, 0.5) is 4.79 Å². The lowest BCUT2D eigenvalue weighted by molar-refractivity contribution is -0.141. The third-order valence-electron chi connectivity index (χ3n) is 12.9. The molecule has 2 aromatic rings. The minimum Gasteiger partial charge on any atom is -0.481 e. The van der Waals surface area contributed by atoms with Crippen LogP contribution in [0.5, 0.6) is 0 Å². The number of carbonyl (C=O) groups is 10. The lowest BCUT2D eigenvalue weighted by Crippen LogP contribution is -2.49. The van der Waals surface area contributed by atoms with Crippen LogP contribution in [0.25, 0.3) is 10.8 Å². The molecule has 8 N–H and O–H groups in total. The maximum Gasteiger partial charge on any atom is 0.326 e. The van der Waals surface area contributed by atoms with Crippen molar-refractivity contribution in [1.29, 1.82) is 0 Å². The van der Waals surface area contributed by atoms with Crippen LogP contribution in [0, 0.1) is 11.8 Å². The Bertz CT molecular complexity index is 2230. The highest BCUT2D eigenvalue weighted by molar-refractivity contribution is 7.96. The first-order valence-electron chi connectivity index (χ1n) is 25.5. The van der Waals surface area contributed by atoms with Gasteiger partial charge in [0.25, 0.3) is 19.4 Å². The van der Waals surface area contributed by atoms with Gasteiger partial charge in [-0.1, -0.05) is 55.1 Å². The van der Waals surface area contributed by atoms with E-state index in [2.05, 4.69) is 45.3 Å². The molecule has 0 bridgehead atoms. The van der Waals surface area contributed by atoms with Gasteiger partial charge >= 0.3 is 23.9 Å². The standard InChI is InChI=1S/C48H69N9O16.C2H5PS/c58-31-71-29-56-21-19-54(17-18-55(28-43(64)65)20-22-57(24-23-56)30-72-32-59)27-40(61)50-26-34-8-10-36(11-9-34)45(66)53-44(38-13-12-35-5-1-2-6-37(35)25-38)46(67)49-16-4-3-7-41(73-33-60)52-48(70)51-39(47(68)69)14-15-42(62)63;1-2-3-4/h1-2,5-6,12-13,25,31-34,36,39,41,44H,3-4,7-11,14-24,26-30H2,(H,49,67)(H,50,61)(H,53,66)(H,62,63)(H,64,65)(H,68,69)(H2,51,52,70);2H2,1H3/t34?,36?,39-,41+,44-;/m0./s1. The fraction of sp³-hybridized carbons (Fsp3) is 0.600. The zero-order chi connectivity index (χ0) is 56.4. The number of carbonyl (C=O) groups excluding carboxylic acids is 7. The smallest absolute Gasteiger partial charge is 0.326 e. The minimum atomic E-state index is -1.49. The summed E-state index contributed by atoms with van der Waals surface area (Å²) in [5.41, 5.74) is 0.570. The summed E-state index contributed by atoms with van der Waals surface area (Å²) in [7, 11) is 1.08. The molecule has 1 saturated carbocycles. The fourth-order valence-corrected chi connectivity index (χ4v) is 8.59. The van der Waals surface area contributed by atoms with Crippen LogP contribution < -0.4 is 26.6 Å². The number of rotatable bonds is 30. The number of nitrogens with zero attached hydrogens (tertiary/aromatic N) is 4. The normalized spacial score (nSPS) is 18.1. The number of ether oxygens (including phenoxy) is 3. The molecule has 5 amide bonds. The first kappa shape index (κ1) is 64.8. The Kier molecular flexibility index (Phi) is 31.5. The molecule has 77 heavy (non-hydrogen) atoms. The predicted molar refractivity (Wildman–Crippen MR) is 284 cm³/mol. The number of carboxylic acid groups (broad SMARTS) is 3. The third-order valence-corrected chi connectivity index (χ3v) is 13.9. The molecule has 1 heterocycles. The fourth-order valence-electron chi connectivity index (χ4n) is 8.59. The lowest BCUT2D eigenvalue weighted by atomic mass is 9.81. The van der Waals surface area contributed by atoms with Crippen LogP contribution in [0.3, 0.4) is 0 Å². The van der Waals surface area contributed by atoms with Gasteiger partial charge in [-0.15, -0.1) is 0 Å². The molecule has 1 aliphatic heterocycles. The highest BCUT2D eigenvalue weighted by Gasteiger charge is 2.31. The molecular weight excluding hydrogens is 1050 g/mol. The SMILES string of the molecule is CCP=S.O=COCN1CCN(COC=O)CCN(CC(=O)NCC2CCC(C(=O)N[C@H](C(=O)NCCCC[C@H](NC(=O)N[C@@H](CCC(=O)O)C(=O)O)OC=O)c3ccc4ccccc4c3)CC2)CCN(CC(=O)O)CC1. The third kappa shape index (κ3) is 26.5. The lowest BCUT2D eigenvalue weighted by Gasteiger charge is -2.33. The van der Waals surface area contributed by atoms with Gasteiger partial charge in [-0.2, -0.15) is 0 Å². The summed E-state index contributed by atoms with van der Waals surface area (Å²) in [4.78, 5) is 128. The van der Waals surface area contributed by atoms with Crippen LogP contribution >= 0.6 is 7.36 Å². The number of fused-ring (bicyclic) bond motifs is 1. The van der Waals surface area contributed by atoms with Crippen LogP contribution in [0.1, 0.15) is 76.3 Å². The van der Waals surface area contributed by atoms with E-state index < -0.39 is 60.5 Å². The first-order chi connectivity index (χ1) is 37.1. The summed E-state index contributed by atoms with van der Waals surface area (Å²) in [5, 5.41) is 43.0. The second-order valence-corrected chi connectivity index (χ2v) is 20.1. The summed E-state index contributed by atoms with van der Waals surface area (Å²) in [6.07, 6.45) is 2.25. The van der Waals surface area contributed by atoms with Gasteiger partial charge < -0.3 is 56.1 Å². The molecule has 25 nitrogen and oxygen atoms in total. The summed E-state index contributed by atoms with van der Waals surface area (Å²) in [6.45, 7) is 6.53. The quantitative estimate of drug-likeness (QED) is 0.0180. The number of benzene rings is 2. The second-order valence-electron chi connectivity index (χ2n) is 18.4. The predicted octanol–water partition coefficient (Wildman–Crippen LogP) is 1.30. The van der Waals surface area contributed by atoms with Crippen molar-refractivity contribution >= 4 is 91.0 Å². The van der Waals surface area contributed by atoms with Gasteiger partial charge in [-0.3, -0.25) is 58.0 Å². The number of aliphatic carboxylic acids is 3. The van der Waals surface area contributed by atoms with E-state index in [9.17, 15) is 58.2 Å². The number of hydrogen-bond acceptors (Lipinski definition) is 18. The van der Waals surface area contributed by atoms with Crippen molar-refractivity contribution in [2.45, 2.75) is 83.0 Å². The number of nitrogens with one attached hydrogen (secondary N) is 5. The van der Waals surface area contributed by atoms with E-state index in [0.717, 1.165) is 24.3 Å². The zero-order valence-corrected chi connectivity index (χ0v) is 45.1. The van der Waals surface area contributed by atoms with Crippen molar-refractivity contribution in [3.05, 3.63) is 48.0 Å². The molecule has 27 heteroatoms. The van der Waals surface area contributed by atoms with Crippen molar-refractivity contribution in [2.75, 3.05) is 98.2 Å². The topological polar surface area (TPSA) is 332 Å². The van der Waals surface area contributed by atoms with Crippen LogP contribution in [-0.4, -0.2) is 206 Å².